The van der Waals surface area contributed by atoms with Gasteiger partial charge in [-0.05, 0) is 109 Å². The SMILES string of the molecule is CC1C[C@@]2(O[C@H]3C[C@@]4(C)C5CCC6C(C)(C)C(OC7OCC(O)C(O)C7O)CCC67C[C@@]57C[C@@H](C)[C@]4(C)C13)O[C@@H](O)[C@@]1(C)O[C@H]21. The lowest BCUT2D eigenvalue weighted by molar-refractivity contribution is -0.345. The van der Waals surface area contributed by atoms with Gasteiger partial charge in [0.15, 0.2) is 12.6 Å². The molecule has 0 aromatic carbocycles. The Morgan fingerprint density at radius 1 is 0.778 bits per heavy atom. The molecule has 9 fully saturated rings. The number of hydrogen-bond acceptors (Lipinski definition) is 9. The molecule has 0 aromatic heterocycles. The maximum absolute atomic E-state index is 10.7. The van der Waals surface area contributed by atoms with Gasteiger partial charge in [0.1, 0.15) is 30.0 Å². The largest absolute Gasteiger partial charge is 0.388 e. The third-order valence-electron chi connectivity index (χ3n) is 16.9. The summed E-state index contributed by atoms with van der Waals surface area (Å²) in [4.78, 5) is 0. The Kier molecular flexibility index (Phi) is 6.04. The molecule has 4 saturated heterocycles. The van der Waals surface area contributed by atoms with Gasteiger partial charge in [-0.25, -0.2) is 0 Å². The first-order valence-electron chi connectivity index (χ1n) is 18.0. The average molecular weight is 633 g/mol. The second-order valence-corrected chi connectivity index (χ2v) is 18.7. The van der Waals surface area contributed by atoms with Gasteiger partial charge < -0.3 is 44.1 Å². The van der Waals surface area contributed by atoms with Crippen LogP contribution in [0.4, 0.5) is 0 Å². The molecule has 9 nitrogen and oxygen atoms in total. The molecule has 0 aromatic rings. The first kappa shape index (κ1) is 30.7. The van der Waals surface area contributed by atoms with E-state index in [0.717, 1.165) is 25.7 Å². The molecule has 45 heavy (non-hydrogen) atoms. The van der Waals surface area contributed by atoms with E-state index in [1.165, 1.54) is 25.7 Å². The molecule has 9 heteroatoms. The quantitative estimate of drug-likeness (QED) is 0.266. The molecule has 5 saturated carbocycles. The number of aliphatic hydroxyl groups is 4. The smallest absolute Gasteiger partial charge is 0.201 e. The zero-order valence-corrected chi connectivity index (χ0v) is 28.2. The van der Waals surface area contributed by atoms with Crippen molar-refractivity contribution in [2.75, 3.05) is 6.61 Å². The van der Waals surface area contributed by atoms with Crippen molar-refractivity contribution in [1.82, 2.24) is 0 Å². The van der Waals surface area contributed by atoms with Crippen molar-refractivity contribution in [2.45, 2.75) is 160 Å². The maximum Gasteiger partial charge on any atom is 0.201 e. The van der Waals surface area contributed by atoms with E-state index in [2.05, 4.69) is 41.5 Å². The Labute approximate surface area is 267 Å². The van der Waals surface area contributed by atoms with Gasteiger partial charge in [-0.2, -0.15) is 0 Å². The van der Waals surface area contributed by atoms with E-state index in [0.29, 0.717) is 40.4 Å². The van der Waals surface area contributed by atoms with Crippen LogP contribution in [-0.4, -0.2) is 87.6 Å². The van der Waals surface area contributed by atoms with E-state index in [4.69, 9.17) is 23.7 Å². The predicted molar refractivity (Wildman–Crippen MR) is 161 cm³/mol. The topological polar surface area (TPSA) is 130 Å². The highest BCUT2D eigenvalue weighted by atomic mass is 16.8. The van der Waals surface area contributed by atoms with Crippen molar-refractivity contribution >= 4 is 0 Å². The molecule has 254 valence electrons. The van der Waals surface area contributed by atoms with Gasteiger partial charge in [-0.1, -0.05) is 41.5 Å². The van der Waals surface area contributed by atoms with Gasteiger partial charge in [0.05, 0.1) is 18.8 Å². The Morgan fingerprint density at radius 2 is 1.51 bits per heavy atom. The standard InChI is InChI=1S/C36H56O9/c1-17-12-36(28-33(7,44-28)29(40)45-36)43-20-14-31(5)22-9-8-21-30(3,4)23(42-27-26(39)25(38)19(37)15-41-27)10-11-34(21)16-35(22,34)13-18(2)32(31,6)24(17)20/h17-29,37-40H,8-16H2,1-7H3/t17?,18-,19?,20+,21?,22?,23?,24?,25?,26?,27?,28+,29-,31+,32-,33+,34?,35+,36-/m1/s1. The summed E-state index contributed by atoms with van der Waals surface area (Å²) in [6, 6.07) is 0. The van der Waals surface area contributed by atoms with E-state index in [1.807, 2.05) is 6.92 Å². The average Bonchev–Trinajstić information content (AvgIpc) is 3.80. The van der Waals surface area contributed by atoms with Crippen LogP contribution in [0.2, 0.25) is 0 Å². The predicted octanol–water partition coefficient (Wildman–Crippen LogP) is 3.73. The fourth-order valence-electron chi connectivity index (χ4n) is 14.8. The number of aliphatic hydroxyl groups excluding tert-OH is 4. The maximum atomic E-state index is 10.7. The number of ether oxygens (including phenoxy) is 5. The summed E-state index contributed by atoms with van der Waals surface area (Å²) in [7, 11) is 0. The molecular formula is C36H56O9. The first-order chi connectivity index (χ1) is 21.0. The monoisotopic (exact) mass is 632 g/mol. The Bertz CT molecular complexity index is 1280. The molecule has 0 bridgehead atoms. The first-order valence-corrected chi connectivity index (χ1v) is 18.0. The second-order valence-electron chi connectivity index (χ2n) is 18.7. The summed E-state index contributed by atoms with van der Waals surface area (Å²) in [5.74, 6) is 1.78. The summed E-state index contributed by atoms with van der Waals surface area (Å²) in [6.45, 7) is 16.8. The summed E-state index contributed by atoms with van der Waals surface area (Å²) < 4.78 is 31.5. The van der Waals surface area contributed by atoms with Crippen molar-refractivity contribution in [2.24, 2.45) is 56.7 Å². The van der Waals surface area contributed by atoms with E-state index < -0.39 is 42.3 Å². The van der Waals surface area contributed by atoms with Crippen LogP contribution in [0.5, 0.6) is 0 Å². The van der Waals surface area contributed by atoms with Crippen LogP contribution < -0.4 is 0 Å². The van der Waals surface area contributed by atoms with Crippen LogP contribution >= 0.6 is 0 Å². The Morgan fingerprint density at radius 3 is 2.20 bits per heavy atom. The van der Waals surface area contributed by atoms with Crippen molar-refractivity contribution in [1.29, 1.82) is 0 Å². The van der Waals surface area contributed by atoms with E-state index in [-0.39, 0.29) is 41.2 Å². The highest BCUT2D eigenvalue weighted by Crippen LogP contribution is 2.90. The van der Waals surface area contributed by atoms with Crippen molar-refractivity contribution in [3.63, 3.8) is 0 Å². The molecule has 4 heterocycles. The summed E-state index contributed by atoms with van der Waals surface area (Å²) in [6.07, 6.45) is 3.19. The van der Waals surface area contributed by atoms with Gasteiger partial charge in [-0.3, -0.25) is 0 Å². The van der Waals surface area contributed by atoms with Gasteiger partial charge in [-0.15, -0.1) is 0 Å². The van der Waals surface area contributed by atoms with Crippen molar-refractivity contribution in [3.05, 3.63) is 0 Å². The van der Waals surface area contributed by atoms with Crippen molar-refractivity contribution < 1.29 is 44.1 Å². The summed E-state index contributed by atoms with van der Waals surface area (Å²) in [5, 5.41) is 41.6. The van der Waals surface area contributed by atoms with Gasteiger partial charge in [0.25, 0.3) is 0 Å². The summed E-state index contributed by atoms with van der Waals surface area (Å²) >= 11 is 0. The molecule has 19 atom stereocenters. The zero-order valence-electron chi connectivity index (χ0n) is 28.2. The molecule has 0 amide bonds. The molecule has 4 N–H and O–H groups in total. The van der Waals surface area contributed by atoms with Crippen LogP contribution in [-0.2, 0) is 23.7 Å². The van der Waals surface area contributed by atoms with Gasteiger partial charge in [0.2, 0.25) is 5.79 Å². The fraction of sp³-hybridized carbons (Fsp3) is 1.00. The number of hydrogen-bond donors (Lipinski definition) is 4. The minimum Gasteiger partial charge on any atom is -0.388 e. The van der Waals surface area contributed by atoms with Crippen LogP contribution in [0.15, 0.2) is 0 Å². The molecule has 0 radical (unpaired) electrons. The third-order valence-corrected chi connectivity index (χ3v) is 16.9. The molecule has 9 rings (SSSR count). The van der Waals surface area contributed by atoms with E-state index in [9.17, 15) is 20.4 Å². The minimum atomic E-state index is -1.26. The molecule has 5 aliphatic carbocycles. The van der Waals surface area contributed by atoms with Crippen LogP contribution in [0, 0.1) is 56.7 Å². The number of rotatable bonds is 2. The van der Waals surface area contributed by atoms with Gasteiger partial charge >= 0.3 is 0 Å². The molecular weight excluding hydrogens is 576 g/mol. The van der Waals surface area contributed by atoms with Gasteiger partial charge in [0, 0.05) is 6.42 Å². The van der Waals surface area contributed by atoms with Crippen LogP contribution in [0.3, 0.4) is 0 Å². The second kappa shape index (κ2) is 8.86. The Hall–Kier alpha value is -0.360. The fourth-order valence-corrected chi connectivity index (χ4v) is 14.8. The Balaban J connectivity index is 0.995. The molecule has 4 aliphatic heterocycles. The van der Waals surface area contributed by atoms with Crippen LogP contribution in [0.1, 0.15) is 99.8 Å². The lowest BCUT2D eigenvalue weighted by atomic mass is 9.39. The van der Waals surface area contributed by atoms with E-state index >= 15 is 0 Å². The van der Waals surface area contributed by atoms with E-state index in [1.54, 1.807) is 0 Å². The lowest BCUT2D eigenvalue weighted by Crippen LogP contribution is -2.61. The molecule has 10 unspecified atom stereocenters. The minimum absolute atomic E-state index is 0.0332. The molecule has 9 aliphatic rings. The number of epoxide rings is 1. The number of fused-ring (bicyclic) bond motifs is 6. The summed E-state index contributed by atoms with van der Waals surface area (Å²) in [5.41, 5.74) is 0.203. The highest BCUT2D eigenvalue weighted by molar-refractivity contribution is 5.33. The lowest BCUT2D eigenvalue weighted by Gasteiger charge is -2.65. The highest BCUT2D eigenvalue weighted by Gasteiger charge is 2.85. The van der Waals surface area contributed by atoms with Crippen LogP contribution in [0.25, 0.3) is 0 Å². The van der Waals surface area contributed by atoms with Crippen molar-refractivity contribution in [3.8, 4) is 0 Å². The third kappa shape index (κ3) is 3.38. The normalized spacial score (nSPS) is 66.9. The molecule has 3 spiro atoms. The zero-order chi connectivity index (χ0) is 31.9.